The summed E-state index contributed by atoms with van der Waals surface area (Å²) in [6.45, 7) is 0. The van der Waals surface area contributed by atoms with Crippen molar-refractivity contribution in [1.82, 2.24) is 9.78 Å². The second-order valence-corrected chi connectivity index (χ2v) is 4.30. The summed E-state index contributed by atoms with van der Waals surface area (Å²) in [4.78, 5) is 0. The topological polar surface area (TPSA) is 43.8 Å². The van der Waals surface area contributed by atoms with E-state index in [-0.39, 0.29) is 11.5 Å². The molecule has 2 N–H and O–H groups in total. The molecule has 20 heavy (non-hydrogen) atoms. The van der Waals surface area contributed by atoms with E-state index in [1.54, 1.807) is 36.4 Å². The summed E-state index contributed by atoms with van der Waals surface area (Å²) < 4.78 is 28.8. The van der Waals surface area contributed by atoms with Crippen molar-refractivity contribution in [1.29, 1.82) is 0 Å². The summed E-state index contributed by atoms with van der Waals surface area (Å²) in [6, 6.07) is 13.9. The van der Waals surface area contributed by atoms with Crippen molar-refractivity contribution < 1.29 is 8.78 Å². The number of halogens is 2. The van der Waals surface area contributed by atoms with E-state index in [4.69, 9.17) is 5.73 Å². The van der Waals surface area contributed by atoms with Crippen molar-refractivity contribution in [3.8, 4) is 16.9 Å². The van der Waals surface area contributed by atoms with Gasteiger partial charge >= 0.3 is 0 Å². The van der Waals surface area contributed by atoms with Crippen LogP contribution in [0, 0.1) is 11.6 Å². The Bertz CT molecular complexity index is 765. The van der Waals surface area contributed by atoms with Crippen LogP contribution in [0.15, 0.2) is 54.6 Å². The molecule has 3 nitrogen and oxygen atoms in total. The van der Waals surface area contributed by atoms with Gasteiger partial charge in [-0.15, -0.1) is 0 Å². The van der Waals surface area contributed by atoms with E-state index < -0.39 is 11.6 Å². The van der Waals surface area contributed by atoms with Crippen LogP contribution >= 0.6 is 0 Å². The largest absolute Gasteiger partial charge is 0.384 e. The number of anilines is 1. The molecule has 3 aromatic rings. The fourth-order valence-electron chi connectivity index (χ4n) is 2.01. The number of rotatable bonds is 2. The van der Waals surface area contributed by atoms with E-state index in [0.29, 0.717) is 11.3 Å². The quantitative estimate of drug-likeness (QED) is 0.776. The van der Waals surface area contributed by atoms with Crippen molar-refractivity contribution in [3.63, 3.8) is 0 Å². The molecule has 0 saturated heterocycles. The summed E-state index contributed by atoms with van der Waals surface area (Å²) in [7, 11) is 0. The molecule has 0 saturated carbocycles. The van der Waals surface area contributed by atoms with Gasteiger partial charge in [-0.1, -0.05) is 24.3 Å². The van der Waals surface area contributed by atoms with Crippen LogP contribution in [0.4, 0.5) is 14.6 Å². The van der Waals surface area contributed by atoms with Gasteiger partial charge in [-0.05, 0) is 24.3 Å². The SMILES string of the molecule is Nc1cc(-c2ccccc2F)nn1-c1ccccc1F. The number of benzene rings is 2. The van der Waals surface area contributed by atoms with Crippen molar-refractivity contribution >= 4 is 5.82 Å². The van der Waals surface area contributed by atoms with E-state index in [2.05, 4.69) is 5.10 Å². The molecule has 2 aromatic carbocycles. The standard InChI is InChI=1S/C15H11F2N3/c16-11-6-2-1-5-10(11)13-9-15(18)20(19-13)14-8-4-3-7-12(14)17/h1-9H,18H2. The Labute approximate surface area is 114 Å². The highest BCUT2D eigenvalue weighted by molar-refractivity contribution is 5.64. The third-order valence-corrected chi connectivity index (χ3v) is 2.97. The maximum Gasteiger partial charge on any atom is 0.148 e. The predicted molar refractivity (Wildman–Crippen MR) is 73.3 cm³/mol. The van der Waals surface area contributed by atoms with Gasteiger partial charge in [0.25, 0.3) is 0 Å². The molecule has 0 unspecified atom stereocenters. The van der Waals surface area contributed by atoms with E-state index in [9.17, 15) is 8.78 Å². The van der Waals surface area contributed by atoms with Crippen LogP contribution in [0.25, 0.3) is 16.9 Å². The number of nitrogen functional groups attached to an aromatic ring is 1. The average molecular weight is 271 g/mol. The Balaban J connectivity index is 2.13. The maximum absolute atomic E-state index is 13.8. The fraction of sp³-hybridized carbons (Fsp3) is 0. The second kappa shape index (κ2) is 4.77. The lowest BCUT2D eigenvalue weighted by molar-refractivity contribution is 0.611. The Morgan fingerprint density at radius 1 is 0.900 bits per heavy atom. The molecule has 0 atom stereocenters. The van der Waals surface area contributed by atoms with Crippen LogP contribution in [-0.4, -0.2) is 9.78 Å². The zero-order valence-corrected chi connectivity index (χ0v) is 10.4. The van der Waals surface area contributed by atoms with Gasteiger partial charge in [-0.3, -0.25) is 0 Å². The van der Waals surface area contributed by atoms with E-state index in [0.717, 1.165) is 0 Å². The van der Waals surface area contributed by atoms with Gasteiger partial charge in [-0.25, -0.2) is 13.5 Å². The van der Waals surface area contributed by atoms with Gasteiger partial charge in [0.15, 0.2) is 0 Å². The highest BCUT2D eigenvalue weighted by Gasteiger charge is 2.13. The minimum atomic E-state index is -0.442. The summed E-state index contributed by atoms with van der Waals surface area (Å²) in [6.07, 6.45) is 0. The molecule has 3 rings (SSSR count). The first-order valence-corrected chi connectivity index (χ1v) is 6.02. The molecule has 0 radical (unpaired) electrons. The van der Waals surface area contributed by atoms with E-state index in [1.807, 2.05) is 0 Å². The third-order valence-electron chi connectivity index (χ3n) is 2.97. The monoisotopic (exact) mass is 271 g/mol. The van der Waals surface area contributed by atoms with Crippen molar-refractivity contribution in [2.45, 2.75) is 0 Å². The third kappa shape index (κ3) is 2.03. The van der Waals surface area contributed by atoms with Gasteiger partial charge in [0.2, 0.25) is 0 Å². The van der Waals surface area contributed by atoms with Crippen LogP contribution in [-0.2, 0) is 0 Å². The molecule has 1 heterocycles. The van der Waals surface area contributed by atoms with E-state index >= 15 is 0 Å². The Morgan fingerprint density at radius 2 is 1.55 bits per heavy atom. The van der Waals surface area contributed by atoms with Gasteiger partial charge in [0, 0.05) is 11.6 Å². The van der Waals surface area contributed by atoms with Crippen LogP contribution in [0.5, 0.6) is 0 Å². The molecule has 1 aromatic heterocycles. The summed E-state index contributed by atoms with van der Waals surface area (Å²) in [5, 5.41) is 4.18. The lowest BCUT2D eigenvalue weighted by Crippen LogP contribution is -2.03. The van der Waals surface area contributed by atoms with Crippen LogP contribution in [0.2, 0.25) is 0 Å². The lowest BCUT2D eigenvalue weighted by atomic mass is 10.1. The molecule has 0 aliphatic carbocycles. The smallest absolute Gasteiger partial charge is 0.148 e. The van der Waals surface area contributed by atoms with Crippen LogP contribution in [0.3, 0.4) is 0 Å². The molecular weight excluding hydrogens is 260 g/mol. The number of hydrogen-bond acceptors (Lipinski definition) is 2. The molecule has 0 spiro atoms. The highest BCUT2D eigenvalue weighted by atomic mass is 19.1. The normalized spacial score (nSPS) is 10.7. The maximum atomic E-state index is 13.8. The molecule has 5 heteroatoms. The van der Waals surface area contributed by atoms with Gasteiger partial charge < -0.3 is 5.73 Å². The summed E-state index contributed by atoms with van der Waals surface area (Å²) in [5.41, 5.74) is 6.76. The number of para-hydroxylation sites is 1. The van der Waals surface area contributed by atoms with Gasteiger partial charge in [-0.2, -0.15) is 5.10 Å². The number of nitrogens with zero attached hydrogens (tertiary/aromatic N) is 2. The Morgan fingerprint density at radius 3 is 2.25 bits per heavy atom. The molecule has 0 aliphatic rings. The minimum absolute atomic E-state index is 0.229. The van der Waals surface area contributed by atoms with Gasteiger partial charge in [0.1, 0.15) is 23.1 Å². The number of nitrogens with two attached hydrogens (primary N) is 1. The van der Waals surface area contributed by atoms with Crippen molar-refractivity contribution in [3.05, 3.63) is 66.2 Å². The minimum Gasteiger partial charge on any atom is -0.384 e. The van der Waals surface area contributed by atoms with Crippen molar-refractivity contribution in [2.75, 3.05) is 5.73 Å². The zero-order chi connectivity index (χ0) is 14.1. The first-order valence-electron chi connectivity index (χ1n) is 6.02. The van der Waals surface area contributed by atoms with Crippen LogP contribution < -0.4 is 5.73 Å². The first kappa shape index (κ1) is 12.3. The summed E-state index contributed by atoms with van der Waals surface area (Å²) >= 11 is 0. The number of hydrogen-bond donors (Lipinski definition) is 1. The van der Waals surface area contributed by atoms with Gasteiger partial charge in [0.05, 0.1) is 5.69 Å². The van der Waals surface area contributed by atoms with Crippen LogP contribution in [0.1, 0.15) is 0 Å². The zero-order valence-electron chi connectivity index (χ0n) is 10.4. The lowest BCUT2D eigenvalue weighted by Gasteiger charge is -2.04. The summed E-state index contributed by atoms with van der Waals surface area (Å²) in [5.74, 6) is -0.596. The Kier molecular flexibility index (Phi) is 2.95. The molecule has 0 fully saturated rings. The predicted octanol–water partition coefficient (Wildman–Crippen LogP) is 3.40. The molecule has 100 valence electrons. The fourth-order valence-corrected chi connectivity index (χ4v) is 2.01. The molecular formula is C15H11F2N3. The molecule has 0 bridgehead atoms. The second-order valence-electron chi connectivity index (χ2n) is 4.30. The first-order chi connectivity index (χ1) is 9.66. The Hall–Kier alpha value is -2.69. The molecule has 0 amide bonds. The van der Waals surface area contributed by atoms with Crippen molar-refractivity contribution in [2.24, 2.45) is 0 Å². The molecule has 0 aliphatic heterocycles. The van der Waals surface area contributed by atoms with E-state index in [1.165, 1.54) is 22.9 Å². The average Bonchev–Trinajstić information content (AvgIpc) is 2.81. The highest BCUT2D eigenvalue weighted by Crippen LogP contribution is 2.25. The number of aromatic nitrogens is 2.